The van der Waals surface area contributed by atoms with E-state index in [1.165, 1.54) is 6.92 Å². The van der Waals surface area contributed by atoms with Crippen LogP contribution >= 0.6 is 0 Å². The Labute approximate surface area is 87.9 Å². The largest absolute Gasteiger partial charge is 0.394 e. The first-order chi connectivity index (χ1) is 6.97. The zero-order chi connectivity index (χ0) is 11.6. The van der Waals surface area contributed by atoms with Gasteiger partial charge < -0.3 is 25.4 Å². The number of hydrogen-bond donors (Lipinski definition) is 4. The second kappa shape index (κ2) is 4.89. The predicted molar refractivity (Wildman–Crippen MR) is 51.0 cm³/mol. The molecular formula is C9H17NO5. The van der Waals surface area contributed by atoms with Crippen molar-refractivity contribution >= 4 is 5.91 Å². The van der Waals surface area contributed by atoms with Crippen molar-refractivity contribution in [1.82, 2.24) is 5.32 Å². The van der Waals surface area contributed by atoms with Gasteiger partial charge in [-0.15, -0.1) is 0 Å². The molecule has 1 aliphatic rings. The van der Waals surface area contributed by atoms with Gasteiger partial charge in [0, 0.05) is 6.92 Å². The molecule has 0 radical (unpaired) electrons. The van der Waals surface area contributed by atoms with Crippen LogP contribution in [0.5, 0.6) is 0 Å². The maximum absolute atomic E-state index is 10.9. The highest BCUT2D eigenvalue weighted by atomic mass is 16.5. The molecule has 1 amide bonds. The molecule has 1 fully saturated rings. The van der Waals surface area contributed by atoms with Crippen LogP contribution in [0.15, 0.2) is 0 Å². The first-order valence-corrected chi connectivity index (χ1v) is 4.87. The molecule has 0 spiro atoms. The molecule has 6 heteroatoms. The van der Waals surface area contributed by atoms with Crippen LogP contribution in [-0.4, -0.2) is 58.3 Å². The van der Waals surface area contributed by atoms with Crippen LogP contribution in [0.4, 0.5) is 0 Å². The van der Waals surface area contributed by atoms with Crippen molar-refractivity contribution in [2.24, 2.45) is 0 Å². The zero-order valence-electron chi connectivity index (χ0n) is 8.75. The predicted octanol–water partition coefficient (Wildman–Crippen LogP) is -2.01. The molecule has 1 saturated heterocycles. The molecule has 5 atom stereocenters. The summed E-state index contributed by atoms with van der Waals surface area (Å²) in [7, 11) is 0. The lowest BCUT2D eigenvalue weighted by atomic mass is 9.93. The number of aliphatic hydroxyl groups excluding tert-OH is 3. The standard InChI is InChI=1S/C9H17NO5/c1-4-7(10-5(2)12)9(14)8(13)6(3-11)15-4/h4,6-9,11,13-14H,3H2,1-2H3,(H,10,12)/t4-,6?,7+,8-,9?/m0/s1. The minimum Gasteiger partial charge on any atom is -0.394 e. The first kappa shape index (κ1) is 12.4. The number of ether oxygens (including phenoxy) is 1. The van der Waals surface area contributed by atoms with E-state index in [0.29, 0.717) is 0 Å². The number of carbonyl (C=O) groups is 1. The summed E-state index contributed by atoms with van der Waals surface area (Å²) in [6, 6.07) is -0.653. The smallest absolute Gasteiger partial charge is 0.217 e. The van der Waals surface area contributed by atoms with Crippen LogP contribution in [0.25, 0.3) is 0 Å². The first-order valence-electron chi connectivity index (χ1n) is 4.87. The van der Waals surface area contributed by atoms with E-state index in [1.54, 1.807) is 6.92 Å². The summed E-state index contributed by atoms with van der Waals surface area (Å²) in [5.74, 6) is -0.302. The van der Waals surface area contributed by atoms with Crippen LogP contribution in [0, 0.1) is 0 Å². The number of rotatable bonds is 2. The average molecular weight is 219 g/mol. The van der Waals surface area contributed by atoms with Gasteiger partial charge >= 0.3 is 0 Å². The van der Waals surface area contributed by atoms with E-state index in [4.69, 9.17) is 9.84 Å². The highest BCUT2D eigenvalue weighted by Gasteiger charge is 2.42. The van der Waals surface area contributed by atoms with Crippen LogP contribution in [-0.2, 0) is 9.53 Å². The van der Waals surface area contributed by atoms with Gasteiger partial charge in [0.15, 0.2) is 0 Å². The normalized spacial score (nSPS) is 41.3. The number of aliphatic hydroxyl groups is 3. The van der Waals surface area contributed by atoms with Crippen LogP contribution in [0.3, 0.4) is 0 Å². The van der Waals surface area contributed by atoms with Crippen molar-refractivity contribution < 1.29 is 24.9 Å². The van der Waals surface area contributed by atoms with Crippen molar-refractivity contribution in [2.45, 2.75) is 44.3 Å². The lowest BCUT2D eigenvalue weighted by molar-refractivity contribution is -0.190. The minimum absolute atomic E-state index is 0.302. The van der Waals surface area contributed by atoms with Gasteiger partial charge in [0.25, 0.3) is 0 Å². The van der Waals surface area contributed by atoms with E-state index in [0.717, 1.165) is 0 Å². The molecule has 6 nitrogen and oxygen atoms in total. The minimum atomic E-state index is -1.19. The molecule has 0 aromatic heterocycles. The highest BCUT2D eigenvalue weighted by Crippen LogP contribution is 2.20. The van der Waals surface area contributed by atoms with Gasteiger partial charge in [0.2, 0.25) is 5.91 Å². The van der Waals surface area contributed by atoms with Gasteiger partial charge in [0.1, 0.15) is 18.3 Å². The fourth-order valence-corrected chi connectivity index (χ4v) is 1.74. The summed E-state index contributed by atoms with van der Waals surface area (Å²) in [4.78, 5) is 10.9. The molecule has 15 heavy (non-hydrogen) atoms. The van der Waals surface area contributed by atoms with E-state index < -0.39 is 30.5 Å². The molecule has 1 rings (SSSR count). The second-order valence-corrected chi connectivity index (χ2v) is 3.77. The van der Waals surface area contributed by atoms with Crippen molar-refractivity contribution in [3.05, 3.63) is 0 Å². The van der Waals surface area contributed by atoms with Crippen molar-refractivity contribution in [3.63, 3.8) is 0 Å². The third-order valence-corrected chi connectivity index (χ3v) is 2.54. The number of amides is 1. The van der Waals surface area contributed by atoms with E-state index in [9.17, 15) is 15.0 Å². The molecule has 88 valence electrons. The van der Waals surface area contributed by atoms with E-state index in [1.807, 2.05) is 0 Å². The van der Waals surface area contributed by atoms with E-state index >= 15 is 0 Å². The fourth-order valence-electron chi connectivity index (χ4n) is 1.74. The highest BCUT2D eigenvalue weighted by molar-refractivity contribution is 5.73. The van der Waals surface area contributed by atoms with Gasteiger partial charge in [-0.1, -0.05) is 0 Å². The average Bonchev–Trinajstić information content (AvgIpc) is 2.18. The second-order valence-electron chi connectivity index (χ2n) is 3.77. The van der Waals surface area contributed by atoms with Gasteiger partial charge in [-0.05, 0) is 6.92 Å². The van der Waals surface area contributed by atoms with Gasteiger partial charge in [-0.2, -0.15) is 0 Å². The molecule has 4 N–H and O–H groups in total. The Hall–Kier alpha value is -0.690. The Kier molecular flexibility index (Phi) is 4.04. The topological polar surface area (TPSA) is 99.0 Å². The summed E-state index contributed by atoms with van der Waals surface area (Å²) < 4.78 is 5.26. The van der Waals surface area contributed by atoms with Gasteiger partial charge in [-0.3, -0.25) is 4.79 Å². The lowest BCUT2D eigenvalue weighted by Gasteiger charge is -2.41. The third kappa shape index (κ3) is 2.66. The van der Waals surface area contributed by atoms with Crippen molar-refractivity contribution in [2.75, 3.05) is 6.61 Å². The van der Waals surface area contributed by atoms with Gasteiger partial charge in [0.05, 0.1) is 18.8 Å². The molecule has 0 bridgehead atoms. The molecule has 0 aromatic carbocycles. The summed E-state index contributed by atoms with van der Waals surface area (Å²) in [5, 5.41) is 30.6. The van der Waals surface area contributed by atoms with Crippen molar-refractivity contribution in [1.29, 1.82) is 0 Å². The molecule has 2 unspecified atom stereocenters. The van der Waals surface area contributed by atoms with Crippen LogP contribution in [0.1, 0.15) is 13.8 Å². The molecule has 0 aliphatic carbocycles. The Morgan fingerprint density at radius 3 is 2.47 bits per heavy atom. The molecule has 1 aliphatic heterocycles. The molecule has 1 heterocycles. The van der Waals surface area contributed by atoms with E-state index in [2.05, 4.69) is 5.32 Å². The van der Waals surface area contributed by atoms with E-state index in [-0.39, 0.29) is 12.5 Å². The van der Waals surface area contributed by atoms with Crippen molar-refractivity contribution in [3.8, 4) is 0 Å². The monoisotopic (exact) mass is 219 g/mol. The Morgan fingerprint density at radius 1 is 1.40 bits per heavy atom. The quantitative estimate of drug-likeness (QED) is 0.430. The van der Waals surface area contributed by atoms with Crippen LogP contribution in [0.2, 0.25) is 0 Å². The molecular weight excluding hydrogens is 202 g/mol. The number of carbonyl (C=O) groups excluding carboxylic acids is 1. The lowest BCUT2D eigenvalue weighted by Crippen LogP contribution is -2.63. The molecule has 0 aromatic rings. The maximum Gasteiger partial charge on any atom is 0.217 e. The number of nitrogens with one attached hydrogen (secondary N) is 1. The number of hydrogen-bond acceptors (Lipinski definition) is 5. The maximum atomic E-state index is 10.9. The summed E-state index contributed by atoms with van der Waals surface area (Å²) in [6.45, 7) is 2.62. The fraction of sp³-hybridized carbons (Fsp3) is 0.889. The Bertz CT molecular complexity index is 235. The zero-order valence-corrected chi connectivity index (χ0v) is 8.75. The summed E-state index contributed by atoms with van der Waals surface area (Å²) in [5.41, 5.74) is 0. The Balaban J connectivity index is 2.70. The molecule has 0 saturated carbocycles. The third-order valence-electron chi connectivity index (χ3n) is 2.54. The Morgan fingerprint density at radius 2 is 2.00 bits per heavy atom. The summed E-state index contributed by atoms with van der Waals surface area (Å²) in [6.07, 6.45) is -3.58. The SMILES string of the molecule is CC(=O)N[C@H]1C(O)[C@@H](O)C(CO)O[C@H]1C. The summed E-state index contributed by atoms with van der Waals surface area (Å²) >= 11 is 0. The van der Waals surface area contributed by atoms with Gasteiger partial charge in [-0.25, -0.2) is 0 Å². The van der Waals surface area contributed by atoms with Crippen LogP contribution < -0.4 is 5.32 Å².